The Morgan fingerprint density at radius 2 is 0.570 bits per heavy atom. The normalized spacial score (nSPS) is 18.7. The van der Waals surface area contributed by atoms with E-state index < -0.39 is 54.7 Å². The van der Waals surface area contributed by atoms with Crippen molar-refractivity contribution in [1.29, 1.82) is 0 Å². The molecule has 0 amide bonds. The number of halogens is 7. The van der Waals surface area contributed by atoms with Crippen molar-refractivity contribution < 1.29 is 62.2 Å². The maximum atomic E-state index is 11.6. The average molecular weight is 1410 g/mol. The van der Waals surface area contributed by atoms with E-state index in [2.05, 4.69) is 110 Å². The van der Waals surface area contributed by atoms with E-state index in [0.717, 1.165) is 47.1 Å². The SMILES string of the molecule is C#CC(C)(C)C.C#CC1(C)CC1.CC.CC.CC.CC.CC.CC(C)(C)C(F)(F)F.CC1(C)CCC(C)(C)CC1.CC1(C)CCC(C)(C)CC1.CC1(C)CCCC1.CC1(C)CCCC1.COS(C)(=O)=O.CO[Se](C)(=O)=O.C[Se](C)(=O)=O.F[B-](F)(F)F. The summed E-state index contributed by atoms with van der Waals surface area (Å²) in [5, 5.41) is 0. The summed E-state index contributed by atoms with van der Waals surface area (Å²) in [6.07, 6.45) is 32.6. The summed E-state index contributed by atoms with van der Waals surface area (Å²) in [4.78, 5) is 0. The summed E-state index contributed by atoms with van der Waals surface area (Å²) in [7, 11) is -6.89. The van der Waals surface area contributed by atoms with Gasteiger partial charge in [0.05, 0.1) is 18.8 Å². The smallest absolute Gasteiger partial charge is 0.418 e. The molecule has 5 rings (SSSR count). The van der Waals surface area contributed by atoms with Gasteiger partial charge in [0.25, 0.3) is 10.1 Å². The van der Waals surface area contributed by atoms with Gasteiger partial charge in [-0.1, -0.05) is 199 Å². The fraction of sp³-hybridized carbons (Fsp3) is 0.940. The quantitative estimate of drug-likeness (QED) is 0.116. The molecule has 0 bridgehead atoms. The van der Waals surface area contributed by atoms with Crippen molar-refractivity contribution in [2.24, 2.45) is 48.7 Å². The van der Waals surface area contributed by atoms with Crippen LogP contribution in [0, 0.1) is 73.4 Å². The zero-order valence-corrected chi connectivity index (χ0v) is 66.8. The zero-order valence-electron chi connectivity index (χ0n) is 62.6. The first kappa shape index (κ1) is 109. The van der Waals surface area contributed by atoms with Crippen molar-refractivity contribution in [3.63, 3.8) is 0 Å². The van der Waals surface area contributed by atoms with Crippen LogP contribution < -0.4 is 0 Å². The Hall–Kier alpha value is -1.20. The molecule has 86 heavy (non-hydrogen) atoms. The Morgan fingerprint density at radius 3 is 0.605 bits per heavy atom. The first-order chi connectivity index (χ1) is 37.9. The monoisotopic (exact) mass is 1410 g/mol. The standard InChI is InChI=1S/2C10H20.2C7H14.C6H8.C6H10.C5H9F3.C2H6O3S.C2H6O3Se.C2H6O2Se.5C2H6.BF4/c2*1-9(2)5-7-10(3,4)8-6-9;2*1-7(2)5-3-4-6-7;1-3-6(2)4-5-6;1-5-6(2,3)4;1-4(2,3)5(6,7)8;2*1-5-6(2,3)4;1-5(2,3)4;5*1-2;2-1(3,4)5/h2*5-8H2,1-4H3;2*3-6H2,1-2H3;1H,4-5H2,2H3;1H,2-4H3;1-3H3;2*1-2H3;1-2H3;5*1-2H3;/q;;;;;;;;;;;;;;;-1. The molecule has 0 aliphatic heterocycles. The molecule has 5 fully saturated rings. The molecule has 0 aromatic heterocycles. The topological polar surface area (TPSA) is 121 Å². The van der Waals surface area contributed by atoms with Crippen molar-refractivity contribution in [3.05, 3.63) is 0 Å². The molecule has 0 heterocycles. The Kier molecular flexibility index (Phi) is 66.5. The zero-order chi connectivity index (χ0) is 72.6. The summed E-state index contributed by atoms with van der Waals surface area (Å²) < 4.78 is 140. The molecule has 0 unspecified atom stereocenters. The summed E-state index contributed by atoms with van der Waals surface area (Å²) in [6.45, 7) is 60.1. The van der Waals surface area contributed by atoms with Crippen LogP contribution in [0.4, 0.5) is 30.4 Å². The van der Waals surface area contributed by atoms with Crippen LogP contribution in [0.2, 0.25) is 17.5 Å². The minimum Gasteiger partial charge on any atom is -0.418 e. The first-order valence-corrected chi connectivity index (χ1v) is 42.0. The Labute approximate surface area is 536 Å². The van der Waals surface area contributed by atoms with Crippen molar-refractivity contribution in [2.75, 3.05) is 20.5 Å². The second kappa shape index (κ2) is 52.3. The predicted octanol–water partition coefficient (Wildman–Crippen LogP) is 24.7. The number of hydrogen-bond donors (Lipinski definition) is 0. The maximum absolute atomic E-state index is 11.6. The molecular weight excluding hydrogens is 1270 g/mol. The van der Waals surface area contributed by atoms with Gasteiger partial charge < -0.3 is 17.3 Å². The van der Waals surface area contributed by atoms with Crippen molar-refractivity contribution >= 4 is 43.1 Å². The van der Waals surface area contributed by atoms with Crippen molar-refractivity contribution in [2.45, 2.75) is 340 Å². The number of alkyl halides is 3. The van der Waals surface area contributed by atoms with Crippen LogP contribution in [0.1, 0.15) is 316 Å². The number of rotatable bonds is 2. The minimum absolute atomic E-state index is 0.0694. The summed E-state index contributed by atoms with van der Waals surface area (Å²) in [6, 6.07) is 0. The average Bonchev–Trinajstić information content (AvgIpc) is 3.75. The Bertz CT molecular complexity index is 1790. The molecule has 0 aromatic rings. The summed E-state index contributed by atoms with van der Waals surface area (Å²) in [5.41, 5.74) is 2.75. The Balaban J connectivity index is -0.0000000792. The summed E-state index contributed by atoms with van der Waals surface area (Å²) >= 11 is -7.03. The second-order valence-corrected chi connectivity index (χ2v) is 38.3. The molecule has 5 aliphatic rings. The number of hydrogen-bond acceptors (Lipinski definition) is 8. The molecule has 0 N–H and O–H groups in total. The summed E-state index contributed by atoms with van der Waals surface area (Å²) in [5.74, 6) is 8.85. The van der Waals surface area contributed by atoms with Gasteiger partial charge in [0, 0.05) is 10.8 Å². The van der Waals surface area contributed by atoms with Gasteiger partial charge in [-0.25, -0.2) is 0 Å². The van der Waals surface area contributed by atoms with Gasteiger partial charge in [-0.05, 0) is 150 Å². The van der Waals surface area contributed by atoms with E-state index in [1.165, 1.54) is 127 Å². The van der Waals surface area contributed by atoms with E-state index in [4.69, 9.17) is 12.8 Å². The molecule has 8 nitrogen and oxygen atoms in total. The van der Waals surface area contributed by atoms with E-state index >= 15 is 0 Å². The van der Waals surface area contributed by atoms with Gasteiger partial charge in [0.1, 0.15) is 0 Å². The predicted molar refractivity (Wildman–Crippen MR) is 364 cm³/mol. The van der Waals surface area contributed by atoms with Crippen molar-refractivity contribution in [1.82, 2.24) is 0 Å². The molecule has 530 valence electrons. The third-order valence-corrected chi connectivity index (χ3v) is 14.9. The molecule has 5 aliphatic carbocycles. The second-order valence-electron chi connectivity index (χ2n) is 28.1. The van der Waals surface area contributed by atoms with Gasteiger partial charge in [0.2, 0.25) is 0 Å². The van der Waals surface area contributed by atoms with E-state index in [9.17, 15) is 54.2 Å². The van der Waals surface area contributed by atoms with Crippen LogP contribution in [-0.2, 0) is 33.5 Å². The van der Waals surface area contributed by atoms with Gasteiger partial charge in [0.15, 0.2) is 0 Å². The molecule has 19 heteroatoms. The van der Waals surface area contributed by atoms with Crippen LogP contribution in [0.3, 0.4) is 0 Å². The third kappa shape index (κ3) is 111. The van der Waals surface area contributed by atoms with Gasteiger partial charge in [-0.15, -0.1) is 24.7 Å². The molecular formula is C67H143BF7O8SSe2-. The molecule has 0 aromatic carbocycles. The van der Waals surface area contributed by atoms with E-state index in [1.54, 1.807) is 0 Å². The van der Waals surface area contributed by atoms with Crippen LogP contribution >= 0.6 is 0 Å². The molecule has 0 radical (unpaired) electrons. The largest absolute Gasteiger partial charge is 0.673 e. The van der Waals surface area contributed by atoms with Gasteiger partial charge >= 0.3 is 82.9 Å². The maximum Gasteiger partial charge on any atom is 0.673 e. The van der Waals surface area contributed by atoms with Gasteiger partial charge in [-0.3, -0.25) is 4.18 Å². The van der Waals surface area contributed by atoms with Crippen molar-refractivity contribution in [3.8, 4) is 24.7 Å². The molecule has 5 saturated carbocycles. The molecule has 0 saturated heterocycles. The third-order valence-electron chi connectivity index (χ3n) is 13.1. The fourth-order valence-corrected chi connectivity index (χ4v) is 6.20. The fourth-order valence-electron chi connectivity index (χ4n) is 6.20. The molecule has 0 spiro atoms. The number of terminal acetylenes is 2. The van der Waals surface area contributed by atoms with E-state index in [-0.39, 0.29) is 5.41 Å². The Morgan fingerprint density at radius 1 is 0.442 bits per heavy atom. The molecule has 0 atom stereocenters. The van der Waals surface area contributed by atoms with Crippen LogP contribution in [0.15, 0.2) is 0 Å². The van der Waals surface area contributed by atoms with E-state index in [1.807, 2.05) is 90.0 Å². The van der Waals surface area contributed by atoms with Crippen LogP contribution in [0.25, 0.3) is 0 Å². The van der Waals surface area contributed by atoms with Gasteiger partial charge in [-0.2, -0.15) is 21.6 Å². The van der Waals surface area contributed by atoms with Crippen LogP contribution in [0.5, 0.6) is 0 Å². The van der Waals surface area contributed by atoms with Crippen LogP contribution in [-0.4, -0.2) is 68.1 Å². The first-order valence-electron chi connectivity index (χ1n) is 31.5. The minimum atomic E-state index is -6.00. The van der Waals surface area contributed by atoms with E-state index in [0.29, 0.717) is 37.9 Å².